The minimum atomic E-state index is -1.01. The summed E-state index contributed by atoms with van der Waals surface area (Å²) in [6.45, 7) is 5.71. The second kappa shape index (κ2) is 10.8. The predicted molar refractivity (Wildman–Crippen MR) is 147 cm³/mol. The number of aromatic nitrogens is 3. The van der Waals surface area contributed by atoms with E-state index in [4.69, 9.17) is 19.6 Å². The minimum Gasteiger partial charge on any atom is -0.482 e. The maximum atomic E-state index is 12.3. The summed E-state index contributed by atoms with van der Waals surface area (Å²) < 4.78 is 12.3. The molecule has 0 unspecified atom stereocenters. The van der Waals surface area contributed by atoms with Crippen LogP contribution in [0.15, 0.2) is 53.5 Å². The number of ether oxygens (including phenoxy) is 2. The van der Waals surface area contributed by atoms with Gasteiger partial charge in [-0.1, -0.05) is 36.4 Å². The highest BCUT2D eigenvalue weighted by atomic mass is 32.1. The Morgan fingerprint density at radius 2 is 1.82 bits per heavy atom. The fourth-order valence-electron chi connectivity index (χ4n) is 4.67. The predicted octanol–water partition coefficient (Wildman–Crippen LogP) is 4.76. The molecule has 3 heterocycles. The lowest BCUT2D eigenvalue weighted by molar-refractivity contribution is -0.141. The van der Waals surface area contributed by atoms with Gasteiger partial charge in [-0.2, -0.15) is 0 Å². The van der Waals surface area contributed by atoms with Gasteiger partial charge in [-0.3, -0.25) is 14.4 Å². The Labute approximate surface area is 229 Å². The first-order valence-electron chi connectivity index (χ1n) is 12.4. The van der Waals surface area contributed by atoms with Crippen molar-refractivity contribution in [2.24, 2.45) is 4.99 Å². The van der Waals surface area contributed by atoms with Crippen molar-refractivity contribution in [2.45, 2.75) is 39.7 Å². The van der Waals surface area contributed by atoms with Gasteiger partial charge in [-0.15, -0.1) is 21.5 Å². The smallest absolute Gasteiger partial charge is 0.341 e. The molecule has 39 heavy (non-hydrogen) atoms. The SMILES string of the molecule is COC(=O)C[C@@H]1N=C(c2ccc(Cc3cccc(OCC(=O)O)c3)cc2)c2c(sc(C)c2C)-n2c(C)nnc21. The molecule has 0 spiro atoms. The number of aliphatic carboxylic acids is 1. The van der Waals surface area contributed by atoms with Crippen molar-refractivity contribution in [2.75, 3.05) is 13.7 Å². The topological polar surface area (TPSA) is 116 Å². The van der Waals surface area contributed by atoms with Gasteiger partial charge in [0, 0.05) is 16.0 Å². The van der Waals surface area contributed by atoms with Crippen LogP contribution in [0.2, 0.25) is 0 Å². The highest BCUT2D eigenvalue weighted by Gasteiger charge is 2.32. The number of hydrogen-bond acceptors (Lipinski definition) is 8. The molecule has 0 aliphatic carbocycles. The molecule has 2 aromatic heterocycles. The fourth-order valence-corrected chi connectivity index (χ4v) is 5.89. The van der Waals surface area contributed by atoms with Crippen molar-refractivity contribution >= 4 is 29.0 Å². The molecule has 0 fully saturated rings. The third-order valence-electron chi connectivity index (χ3n) is 6.72. The standard InChI is InChI=1S/C29H28N4O5S/c1-16-17(2)39-29-26(16)27(30-23(14-25(36)37-4)28-32-31-18(3)33(28)29)21-10-8-19(9-11-21)12-20-6-5-7-22(13-20)38-15-24(34)35/h5-11,13,23H,12,14-15H2,1-4H3,(H,34,35)/t23-/m0/s1. The zero-order valence-electron chi connectivity index (χ0n) is 22.1. The zero-order chi connectivity index (χ0) is 27.7. The van der Waals surface area contributed by atoms with E-state index in [0.29, 0.717) is 18.0 Å². The molecule has 0 bridgehead atoms. The molecule has 1 N–H and O–H groups in total. The molecule has 10 heteroatoms. The molecule has 2 aromatic carbocycles. The zero-order valence-corrected chi connectivity index (χ0v) is 22.9. The second-order valence-electron chi connectivity index (χ2n) is 9.38. The largest absolute Gasteiger partial charge is 0.482 e. The van der Waals surface area contributed by atoms with Crippen LogP contribution in [0.4, 0.5) is 0 Å². The normalized spacial score (nSPS) is 14.2. The number of methoxy groups -OCH3 is 1. The Bertz CT molecular complexity index is 1590. The first-order valence-corrected chi connectivity index (χ1v) is 13.3. The number of carbonyl (C=O) groups is 2. The van der Waals surface area contributed by atoms with E-state index in [9.17, 15) is 9.59 Å². The van der Waals surface area contributed by atoms with Gasteiger partial charge in [-0.25, -0.2) is 4.79 Å². The molecule has 0 saturated carbocycles. The van der Waals surface area contributed by atoms with Crippen molar-refractivity contribution < 1.29 is 24.2 Å². The maximum absolute atomic E-state index is 12.3. The molecule has 4 aromatic rings. The number of nitrogens with zero attached hydrogens (tertiary/aromatic N) is 4. The molecule has 200 valence electrons. The van der Waals surface area contributed by atoms with E-state index in [-0.39, 0.29) is 19.0 Å². The molecule has 1 atom stereocenters. The molecule has 0 radical (unpaired) electrons. The van der Waals surface area contributed by atoms with Crippen molar-refractivity contribution in [3.8, 4) is 10.8 Å². The average Bonchev–Trinajstić information content (AvgIpc) is 3.40. The number of esters is 1. The fraction of sp³-hybridized carbons (Fsp3) is 0.276. The Kier molecular flexibility index (Phi) is 7.30. The third-order valence-corrected chi connectivity index (χ3v) is 7.92. The van der Waals surface area contributed by atoms with E-state index in [2.05, 4.69) is 36.2 Å². The van der Waals surface area contributed by atoms with Gasteiger partial charge in [0.1, 0.15) is 22.6 Å². The second-order valence-corrected chi connectivity index (χ2v) is 10.6. The van der Waals surface area contributed by atoms with Crippen LogP contribution in [0.1, 0.15) is 56.8 Å². The van der Waals surface area contributed by atoms with E-state index in [1.54, 1.807) is 17.4 Å². The lowest BCUT2D eigenvalue weighted by Gasteiger charge is -2.12. The number of aliphatic imine (C=N–C) groups is 1. The molecule has 0 saturated heterocycles. The van der Waals surface area contributed by atoms with Crippen LogP contribution >= 0.6 is 11.3 Å². The Balaban J connectivity index is 1.51. The summed E-state index contributed by atoms with van der Waals surface area (Å²) in [5.74, 6) is 0.508. The van der Waals surface area contributed by atoms with Gasteiger partial charge in [0.2, 0.25) is 0 Å². The van der Waals surface area contributed by atoms with Gasteiger partial charge in [0.15, 0.2) is 12.4 Å². The van der Waals surface area contributed by atoms with E-state index in [0.717, 1.165) is 44.4 Å². The maximum Gasteiger partial charge on any atom is 0.341 e. The van der Waals surface area contributed by atoms with Crippen LogP contribution in [0.25, 0.3) is 5.00 Å². The van der Waals surface area contributed by atoms with Crippen LogP contribution in [0, 0.1) is 20.8 Å². The van der Waals surface area contributed by atoms with Crippen LogP contribution in [-0.2, 0) is 20.7 Å². The molecule has 9 nitrogen and oxygen atoms in total. The molecule has 5 rings (SSSR count). The van der Waals surface area contributed by atoms with Gasteiger partial charge >= 0.3 is 11.9 Å². The number of thiophene rings is 1. The van der Waals surface area contributed by atoms with Crippen LogP contribution in [0.3, 0.4) is 0 Å². The monoisotopic (exact) mass is 544 g/mol. The van der Waals surface area contributed by atoms with Crippen LogP contribution < -0.4 is 4.74 Å². The molecular formula is C29H28N4O5S. The molecule has 1 aliphatic heterocycles. The number of aryl methyl sites for hydroxylation is 2. The number of carboxylic acid groups (broad SMARTS) is 1. The lowest BCUT2D eigenvalue weighted by atomic mass is 9.97. The first-order chi connectivity index (χ1) is 18.7. The highest BCUT2D eigenvalue weighted by molar-refractivity contribution is 7.15. The summed E-state index contributed by atoms with van der Waals surface area (Å²) in [4.78, 5) is 29.4. The van der Waals surface area contributed by atoms with Gasteiger partial charge < -0.3 is 14.6 Å². The van der Waals surface area contributed by atoms with E-state index in [1.165, 1.54) is 12.0 Å². The van der Waals surface area contributed by atoms with Crippen LogP contribution in [0.5, 0.6) is 5.75 Å². The number of rotatable bonds is 8. The Morgan fingerprint density at radius 1 is 1.05 bits per heavy atom. The summed E-state index contributed by atoms with van der Waals surface area (Å²) in [5.41, 5.74) is 5.99. The molecule has 1 aliphatic rings. The number of carbonyl (C=O) groups excluding carboxylic acids is 1. The highest BCUT2D eigenvalue weighted by Crippen LogP contribution is 2.39. The summed E-state index contributed by atoms with van der Waals surface area (Å²) in [7, 11) is 1.37. The van der Waals surface area contributed by atoms with Crippen molar-refractivity contribution in [1.82, 2.24) is 14.8 Å². The quantitative estimate of drug-likeness (QED) is 0.318. The number of benzene rings is 2. The molecular weight excluding hydrogens is 516 g/mol. The third kappa shape index (κ3) is 5.33. The number of hydrogen-bond donors (Lipinski definition) is 1. The lowest BCUT2D eigenvalue weighted by Crippen LogP contribution is -2.12. The summed E-state index contributed by atoms with van der Waals surface area (Å²) in [6.07, 6.45) is 0.716. The van der Waals surface area contributed by atoms with Gasteiger partial charge in [-0.05, 0) is 56.0 Å². The summed E-state index contributed by atoms with van der Waals surface area (Å²) in [5, 5.41) is 18.6. The average molecular weight is 545 g/mol. The van der Waals surface area contributed by atoms with Crippen molar-refractivity contribution in [1.29, 1.82) is 0 Å². The first kappa shape index (κ1) is 26.3. The molecule has 0 amide bonds. The van der Waals surface area contributed by atoms with Gasteiger partial charge in [0.05, 0.1) is 19.2 Å². The summed E-state index contributed by atoms with van der Waals surface area (Å²) in [6, 6.07) is 15.1. The van der Waals surface area contributed by atoms with E-state index in [1.807, 2.05) is 41.8 Å². The number of carboxylic acids is 1. The summed E-state index contributed by atoms with van der Waals surface area (Å²) >= 11 is 1.67. The van der Waals surface area contributed by atoms with Crippen molar-refractivity contribution in [3.63, 3.8) is 0 Å². The Hall–Kier alpha value is -4.31. The number of fused-ring (bicyclic) bond motifs is 3. The van der Waals surface area contributed by atoms with Crippen molar-refractivity contribution in [3.05, 3.63) is 92.9 Å². The van der Waals surface area contributed by atoms with E-state index < -0.39 is 12.0 Å². The van der Waals surface area contributed by atoms with E-state index >= 15 is 0 Å². The Morgan fingerprint density at radius 3 is 2.54 bits per heavy atom. The van der Waals surface area contributed by atoms with Gasteiger partial charge in [0.25, 0.3) is 0 Å². The van der Waals surface area contributed by atoms with Crippen LogP contribution in [-0.4, -0.2) is 51.2 Å². The minimum absolute atomic E-state index is 0.0590.